The number of carbonyl (C=O) groups excluding carboxylic acids is 2. The van der Waals surface area contributed by atoms with Crippen molar-refractivity contribution in [2.75, 3.05) is 25.5 Å². The lowest BCUT2D eigenvalue weighted by Crippen LogP contribution is -2.38. The van der Waals surface area contributed by atoms with Gasteiger partial charge in [-0.05, 0) is 38.8 Å². The number of ether oxygens (including phenoxy) is 1. The van der Waals surface area contributed by atoms with E-state index in [1.54, 1.807) is 43.6 Å². The van der Waals surface area contributed by atoms with Crippen molar-refractivity contribution in [3.63, 3.8) is 0 Å². The van der Waals surface area contributed by atoms with Gasteiger partial charge in [-0.3, -0.25) is 9.59 Å². The van der Waals surface area contributed by atoms with Crippen LogP contribution in [0.3, 0.4) is 0 Å². The zero-order valence-electron chi connectivity index (χ0n) is 16.5. The third-order valence-corrected chi connectivity index (χ3v) is 4.80. The molecule has 28 heavy (non-hydrogen) atoms. The highest BCUT2D eigenvalue weighted by Crippen LogP contribution is 2.26. The molecule has 0 spiro atoms. The molecule has 1 N–H and O–H groups in total. The molecule has 0 saturated carbocycles. The van der Waals surface area contributed by atoms with E-state index in [0.29, 0.717) is 30.2 Å². The number of aromatic nitrogens is 2. The number of likely N-dealkylation sites (tertiary alicyclic amines) is 1. The van der Waals surface area contributed by atoms with Crippen molar-refractivity contribution in [2.45, 2.75) is 32.7 Å². The standard InChI is InChI=1S/C21H26N4O3/c1-15(2)14-20(26)24-12-9-16(10-13-24)25-19(8-11-22-25)23-21(27)17-6-4-5-7-18(17)28-3/h4-8,11,14,16H,9-10,12-13H2,1-3H3,(H,23,27). The fraction of sp³-hybridized carbons (Fsp3) is 0.381. The zero-order chi connectivity index (χ0) is 20.1. The van der Waals surface area contributed by atoms with Crippen molar-refractivity contribution >= 4 is 17.6 Å². The maximum Gasteiger partial charge on any atom is 0.260 e. The van der Waals surface area contributed by atoms with Crippen LogP contribution in [0, 0.1) is 0 Å². The average molecular weight is 382 g/mol. The van der Waals surface area contributed by atoms with Crippen molar-refractivity contribution < 1.29 is 14.3 Å². The topological polar surface area (TPSA) is 76.5 Å². The molecule has 1 aromatic carbocycles. The second-order valence-corrected chi connectivity index (χ2v) is 7.09. The van der Waals surface area contributed by atoms with Crippen LogP contribution in [0.5, 0.6) is 5.75 Å². The Kier molecular flexibility index (Phi) is 6.13. The average Bonchev–Trinajstić information content (AvgIpc) is 3.15. The summed E-state index contributed by atoms with van der Waals surface area (Å²) in [4.78, 5) is 26.7. The van der Waals surface area contributed by atoms with Crippen LogP contribution in [0.4, 0.5) is 5.82 Å². The molecule has 7 heteroatoms. The van der Waals surface area contributed by atoms with E-state index in [2.05, 4.69) is 10.4 Å². The Morgan fingerprint density at radius 3 is 2.57 bits per heavy atom. The first-order valence-corrected chi connectivity index (χ1v) is 9.41. The third kappa shape index (κ3) is 4.42. The highest BCUT2D eigenvalue weighted by Gasteiger charge is 2.25. The number of hydrogen-bond donors (Lipinski definition) is 1. The molecule has 0 aliphatic carbocycles. The maximum absolute atomic E-state index is 12.7. The van der Waals surface area contributed by atoms with Gasteiger partial charge in [0.2, 0.25) is 5.91 Å². The number of carbonyl (C=O) groups is 2. The molecule has 1 aromatic heterocycles. The molecule has 148 valence electrons. The van der Waals surface area contributed by atoms with Gasteiger partial charge >= 0.3 is 0 Å². The minimum atomic E-state index is -0.240. The van der Waals surface area contributed by atoms with Gasteiger partial charge < -0.3 is 15.0 Å². The Morgan fingerprint density at radius 1 is 1.18 bits per heavy atom. The van der Waals surface area contributed by atoms with Crippen molar-refractivity contribution in [3.8, 4) is 5.75 Å². The summed E-state index contributed by atoms with van der Waals surface area (Å²) in [7, 11) is 1.54. The van der Waals surface area contributed by atoms with E-state index in [1.807, 2.05) is 29.5 Å². The lowest BCUT2D eigenvalue weighted by atomic mass is 10.0. The van der Waals surface area contributed by atoms with Gasteiger partial charge in [-0.2, -0.15) is 5.10 Å². The summed E-state index contributed by atoms with van der Waals surface area (Å²) >= 11 is 0. The van der Waals surface area contributed by atoms with E-state index < -0.39 is 0 Å². The number of amides is 2. The molecule has 1 fully saturated rings. The van der Waals surface area contributed by atoms with Gasteiger partial charge in [0.1, 0.15) is 11.6 Å². The number of methoxy groups -OCH3 is 1. The zero-order valence-corrected chi connectivity index (χ0v) is 16.5. The Hall–Kier alpha value is -3.09. The van der Waals surface area contributed by atoms with E-state index >= 15 is 0 Å². The Balaban J connectivity index is 1.67. The third-order valence-electron chi connectivity index (χ3n) is 4.80. The maximum atomic E-state index is 12.7. The smallest absolute Gasteiger partial charge is 0.260 e. The van der Waals surface area contributed by atoms with Crippen molar-refractivity contribution in [2.24, 2.45) is 0 Å². The number of benzene rings is 1. The first-order chi connectivity index (χ1) is 13.5. The largest absolute Gasteiger partial charge is 0.496 e. The van der Waals surface area contributed by atoms with Gasteiger partial charge in [-0.15, -0.1) is 0 Å². The molecular formula is C21H26N4O3. The summed E-state index contributed by atoms with van der Waals surface area (Å²) in [5.41, 5.74) is 1.47. The second-order valence-electron chi connectivity index (χ2n) is 7.09. The fourth-order valence-electron chi connectivity index (χ4n) is 3.39. The van der Waals surface area contributed by atoms with Crippen LogP contribution in [-0.2, 0) is 4.79 Å². The van der Waals surface area contributed by atoms with Gasteiger partial charge in [0.25, 0.3) is 5.91 Å². The first kappa shape index (κ1) is 19.7. The molecule has 1 saturated heterocycles. The predicted molar refractivity (Wildman–Crippen MR) is 107 cm³/mol. The van der Waals surface area contributed by atoms with Gasteiger partial charge in [0.15, 0.2) is 0 Å². The molecule has 0 bridgehead atoms. The van der Waals surface area contributed by atoms with Crippen LogP contribution in [0.2, 0.25) is 0 Å². The molecular weight excluding hydrogens is 356 g/mol. The number of hydrogen-bond acceptors (Lipinski definition) is 4. The number of para-hydroxylation sites is 1. The van der Waals surface area contributed by atoms with Gasteiger partial charge in [0, 0.05) is 25.2 Å². The van der Waals surface area contributed by atoms with E-state index in [9.17, 15) is 9.59 Å². The molecule has 2 amide bonds. The predicted octanol–water partition coefficient (Wildman–Crippen LogP) is 3.27. The number of anilines is 1. The number of piperidine rings is 1. The molecule has 3 rings (SSSR count). The first-order valence-electron chi connectivity index (χ1n) is 9.41. The van der Waals surface area contributed by atoms with E-state index in [1.165, 1.54) is 0 Å². The van der Waals surface area contributed by atoms with Crippen LogP contribution >= 0.6 is 0 Å². The van der Waals surface area contributed by atoms with Crippen LogP contribution in [0.15, 0.2) is 48.2 Å². The van der Waals surface area contributed by atoms with E-state index in [-0.39, 0.29) is 17.9 Å². The second kappa shape index (κ2) is 8.73. The van der Waals surface area contributed by atoms with Gasteiger partial charge in [-0.1, -0.05) is 17.7 Å². The number of allylic oxidation sites excluding steroid dienone is 1. The lowest BCUT2D eigenvalue weighted by Gasteiger charge is -2.32. The summed E-state index contributed by atoms with van der Waals surface area (Å²) in [6, 6.07) is 9.03. The molecule has 1 aliphatic heterocycles. The number of nitrogens with one attached hydrogen (secondary N) is 1. The van der Waals surface area contributed by atoms with Crippen molar-refractivity contribution in [3.05, 3.63) is 53.7 Å². The minimum Gasteiger partial charge on any atom is -0.496 e. The molecule has 0 atom stereocenters. The monoisotopic (exact) mass is 382 g/mol. The normalized spacial score (nSPS) is 14.5. The Labute approximate surface area is 165 Å². The van der Waals surface area contributed by atoms with E-state index in [0.717, 1.165) is 18.4 Å². The molecule has 2 aromatic rings. The highest BCUT2D eigenvalue weighted by molar-refractivity contribution is 6.05. The SMILES string of the molecule is COc1ccccc1C(=O)Nc1ccnn1C1CCN(C(=O)C=C(C)C)CC1. The summed E-state index contributed by atoms with van der Waals surface area (Å²) in [6.45, 7) is 5.19. The molecule has 2 heterocycles. The molecule has 1 aliphatic rings. The number of rotatable bonds is 5. The summed E-state index contributed by atoms with van der Waals surface area (Å²) in [5.74, 6) is 0.987. The molecule has 0 unspecified atom stereocenters. The van der Waals surface area contributed by atoms with Crippen molar-refractivity contribution in [1.82, 2.24) is 14.7 Å². The summed E-state index contributed by atoms with van der Waals surface area (Å²) in [5, 5.41) is 7.33. The Bertz CT molecular complexity index is 875. The van der Waals surface area contributed by atoms with Crippen LogP contribution in [-0.4, -0.2) is 46.7 Å². The number of nitrogens with zero attached hydrogens (tertiary/aromatic N) is 3. The summed E-state index contributed by atoms with van der Waals surface area (Å²) in [6.07, 6.45) is 4.94. The van der Waals surface area contributed by atoms with Gasteiger partial charge in [-0.25, -0.2) is 4.68 Å². The minimum absolute atomic E-state index is 0.0589. The lowest BCUT2D eigenvalue weighted by molar-refractivity contribution is -0.127. The fourth-order valence-corrected chi connectivity index (χ4v) is 3.39. The molecule has 0 radical (unpaired) electrons. The van der Waals surface area contributed by atoms with Crippen LogP contribution in [0.25, 0.3) is 0 Å². The van der Waals surface area contributed by atoms with Crippen LogP contribution in [0.1, 0.15) is 43.1 Å². The van der Waals surface area contributed by atoms with Gasteiger partial charge in [0.05, 0.1) is 24.9 Å². The van der Waals surface area contributed by atoms with Crippen LogP contribution < -0.4 is 10.1 Å². The summed E-state index contributed by atoms with van der Waals surface area (Å²) < 4.78 is 7.11. The Morgan fingerprint density at radius 2 is 1.89 bits per heavy atom. The quantitative estimate of drug-likeness (QED) is 0.805. The van der Waals surface area contributed by atoms with Crippen molar-refractivity contribution in [1.29, 1.82) is 0 Å². The molecule has 7 nitrogen and oxygen atoms in total. The highest BCUT2D eigenvalue weighted by atomic mass is 16.5. The van der Waals surface area contributed by atoms with E-state index in [4.69, 9.17) is 4.74 Å².